The quantitative estimate of drug-likeness (QED) is 0.668. The molecule has 2 aliphatic rings. The number of rotatable bonds is 4. The Morgan fingerprint density at radius 2 is 2.05 bits per heavy atom. The Balaban J connectivity index is 2.04. The van der Waals surface area contributed by atoms with Gasteiger partial charge in [-0.1, -0.05) is 30.7 Å². The van der Waals surface area contributed by atoms with Gasteiger partial charge in [-0.05, 0) is 79.9 Å². The summed E-state index contributed by atoms with van der Waals surface area (Å²) in [6.45, 7) is 10.7. The third kappa shape index (κ3) is 2.46. The average molecular weight is 279 g/mol. The van der Waals surface area contributed by atoms with E-state index in [0.717, 1.165) is 12.3 Å². The lowest BCUT2D eigenvalue weighted by atomic mass is 9.79. The van der Waals surface area contributed by atoms with E-state index in [2.05, 4.69) is 50.7 Å². The molecule has 0 unspecified atom stereocenters. The van der Waals surface area contributed by atoms with Crippen molar-refractivity contribution in [3.05, 3.63) is 64.0 Å². The highest BCUT2D eigenvalue weighted by atomic mass is 14.7. The first-order valence-corrected chi connectivity index (χ1v) is 8.01. The number of aryl methyl sites for hydroxylation is 1. The fourth-order valence-corrected chi connectivity index (χ4v) is 3.52. The Bertz CT molecular complexity index is 660. The number of allylic oxidation sites excluding steroid dienone is 6. The predicted octanol–water partition coefficient (Wildman–Crippen LogP) is 5.83. The number of hydrogen-bond donors (Lipinski definition) is 1. The zero-order valence-corrected chi connectivity index (χ0v) is 13.4. The molecule has 1 saturated carbocycles. The SMILES string of the molecule is C=C/C(=C\c1c(C2CCC2)c[nH]c1C)C1=C(C)CC=C1C. The summed E-state index contributed by atoms with van der Waals surface area (Å²) in [4.78, 5) is 3.42. The van der Waals surface area contributed by atoms with Crippen molar-refractivity contribution in [2.24, 2.45) is 0 Å². The summed E-state index contributed by atoms with van der Waals surface area (Å²) in [6, 6.07) is 0. The van der Waals surface area contributed by atoms with Gasteiger partial charge in [-0.15, -0.1) is 0 Å². The molecule has 0 saturated heterocycles. The highest BCUT2D eigenvalue weighted by Gasteiger charge is 2.24. The standard InChI is InChI=1S/C20H25N/c1-5-16(20-13(2)9-10-14(20)3)11-18-15(4)21-12-19(18)17-7-6-8-17/h5,9,11-12,17,21H,1,6-8,10H2,2-4H3/b16-11+. The molecule has 2 aliphatic carbocycles. The first kappa shape index (κ1) is 14.2. The third-order valence-electron chi connectivity index (χ3n) is 5.05. The Hall–Kier alpha value is -1.76. The molecule has 0 aromatic carbocycles. The van der Waals surface area contributed by atoms with E-state index in [-0.39, 0.29) is 0 Å². The van der Waals surface area contributed by atoms with Crippen LogP contribution in [0.15, 0.2) is 47.2 Å². The highest BCUT2D eigenvalue weighted by Crippen LogP contribution is 2.40. The number of hydrogen-bond acceptors (Lipinski definition) is 0. The number of H-pyrrole nitrogens is 1. The lowest BCUT2D eigenvalue weighted by molar-refractivity contribution is 0.419. The van der Waals surface area contributed by atoms with Crippen molar-refractivity contribution in [1.82, 2.24) is 4.98 Å². The Kier molecular flexibility index (Phi) is 3.75. The Labute approximate surface area is 128 Å². The Morgan fingerprint density at radius 1 is 1.29 bits per heavy atom. The summed E-state index contributed by atoms with van der Waals surface area (Å²) in [5, 5.41) is 0. The van der Waals surface area contributed by atoms with E-state index in [1.54, 1.807) is 0 Å². The van der Waals surface area contributed by atoms with Crippen LogP contribution in [0.2, 0.25) is 0 Å². The maximum atomic E-state index is 4.05. The third-order valence-corrected chi connectivity index (χ3v) is 5.05. The average Bonchev–Trinajstić information content (AvgIpc) is 2.91. The van der Waals surface area contributed by atoms with Crippen molar-refractivity contribution in [3.8, 4) is 0 Å². The van der Waals surface area contributed by atoms with E-state index in [4.69, 9.17) is 0 Å². The molecule has 1 fully saturated rings. The molecule has 1 N–H and O–H groups in total. The van der Waals surface area contributed by atoms with Crippen LogP contribution in [0.25, 0.3) is 6.08 Å². The van der Waals surface area contributed by atoms with E-state index in [9.17, 15) is 0 Å². The van der Waals surface area contributed by atoms with Crippen molar-refractivity contribution < 1.29 is 0 Å². The fourth-order valence-electron chi connectivity index (χ4n) is 3.52. The Morgan fingerprint density at radius 3 is 2.57 bits per heavy atom. The van der Waals surface area contributed by atoms with Gasteiger partial charge in [0, 0.05) is 11.9 Å². The summed E-state index contributed by atoms with van der Waals surface area (Å²) < 4.78 is 0. The summed E-state index contributed by atoms with van der Waals surface area (Å²) >= 11 is 0. The lowest BCUT2D eigenvalue weighted by Crippen LogP contribution is -2.09. The van der Waals surface area contributed by atoms with Crippen LogP contribution in [0.3, 0.4) is 0 Å². The normalized spacial score (nSPS) is 19.8. The van der Waals surface area contributed by atoms with Gasteiger partial charge in [0.2, 0.25) is 0 Å². The fraction of sp³-hybridized carbons (Fsp3) is 0.400. The van der Waals surface area contributed by atoms with Gasteiger partial charge in [0.15, 0.2) is 0 Å². The molecular weight excluding hydrogens is 254 g/mol. The zero-order chi connectivity index (χ0) is 15.0. The van der Waals surface area contributed by atoms with Gasteiger partial charge in [0.1, 0.15) is 0 Å². The van der Waals surface area contributed by atoms with E-state index in [1.165, 1.54) is 58.4 Å². The summed E-state index contributed by atoms with van der Waals surface area (Å²) in [5.74, 6) is 0.752. The van der Waals surface area contributed by atoms with Gasteiger partial charge < -0.3 is 4.98 Å². The molecule has 3 rings (SSSR count). The van der Waals surface area contributed by atoms with Gasteiger partial charge in [-0.3, -0.25) is 0 Å². The minimum Gasteiger partial charge on any atom is -0.364 e. The van der Waals surface area contributed by atoms with Crippen LogP contribution in [0.1, 0.15) is 62.3 Å². The van der Waals surface area contributed by atoms with Crippen molar-refractivity contribution in [2.45, 2.75) is 52.4 Å². The molecule has 110 valence electrons. The molecule has 0 amide bonds. The van der Waals surface area contributed by atoms with Crippen LogP contribution in [0.5, 0.6) is 0 Å². The summed E-state index contributed by atoms with van der Waals surface area (Å²) in [5.41, 5.74) is 9.65. The molecule has 0 atom stereocenters. The summed E-state index contributed by atoms with van der Waals surface area (Å²) in [6.07, 6.45) is 14.0. The van der Waals surface area contributed by atoms with Gasteiger partial charge >= 0.3 is 0 Å². The first-order valence-electron chi connectivity index (χ1n) is 8.01. The maximum absolute atomic E-state index is 4.05. The van der Waals surface area contributed by atoms with E-state index in [1.807, 2.05) is 6.08 Å². The molecule has 1 aromatic heterocycles. The van der Waals surface area contributed by atoms with E-state index >= 15 is 0 Å². The van der Waals surface area contributed by atoms with Gasteiger partial charge in [0.05, 0.1) is 0 Å². The van der Waals surface area contributed by atoms with Crippen molar-refractivity contribution in [3.63, 3.8) is 0 Å². The van der Waals surface area contributed by atoms with Gasteiger partial charge in [-0.25, -0.2) is 0 Å². The van der Waals surface area contributed by atoms with Crippen LogP contribution in [-0.2, 0) is 0 Å². The van der Waals surface area contributed by atoms with Crippen LogP contribution in [0.4, 0.5) is 0 Å². The van der Waals surface area contributed by atoms with Crippen LogP contribution in [0, 0.1) is 6.92 Å². The van der Waals surface area contributed by atoms with Crippen LogP contribution < -0.4 is 0 Å². The highest BCUT2D eigenvalue weighted by molar-refractivity contribution is 5.71. The van der Waals surface area contributed by atoms with Crippen molar-refractivity contribution in [2.75, 3.05) is 0 Å². The van der Waals surface area contributed by atoms with E-state index in [0.29, 0.717) is 0 Å². The first-order chi connectivity index (χ1) is 10.1. The molecule has 1 heterocycles. The lowest BCUT2D eigenvalue weighted by Gasteiger charge is -2.25. The van der Waals surface area contributed by atoms with Crippen LogP contribution in [-0.4, -0.2) is 4.98 Å². The monoisotopic (exact) mass is 279 g/mol. The molecule has 0 spiro atoms. The van der Waals surface area contributed by atoms with Crippen molar-refractivity contribution in [1.29, 1.82) is 0 Å². The molecule has 0 radical (unpaired) electrons. The molecule has 1 aromatic rings. The molecule has 1 nitrogen and oxygen atoms in total. The van der Waals surface area contributed by atoms with E-state index < -0.39 is 0 Å². The topological polar surface area (TPSA) is 15.8 Å². The van der Waals surface area contributed by atoms with Gasteiger partial charge in [0.25, 0.3) is 0 Å². The molecule has 1 heteroatoms. The second-order valence-corrected chi connectivity index (χ2v) is 6.46. The van der Waals surface area contributed by atoms with Crippen LogP contribution >= 0.6 is 0 Å². The number of aromatic amines is 1. The predicted molar refractivity (Wildman–Crippen MR) is 91.4 cm³/mol. The second-order valence-electron chi connectivity index (χ2n) is 6.46. The number of nitrogens with one attached hydrogen (secondary N) is 1. The largest absolute Gasteiger partial charge is 0.364 e. The molecule has 0 bridgehead atoms. The maximum Gasteiger partial charge on any atom is 0.0192 e. The zero-order valence-electron chi connectivity index (χ0n) is 13.4. The minimum atomic E-state index is 0.752. The van der Waals surface area contributed by atoms with Crippen molar-refractivity contribution >= 4 is 6.08 Å². The second kappa shape index (κ2) is 5.55. The number of aromatic nitrogens is 1. The summed E-state index contributed by atoms with van der Waals surface area (Å²) in [7, 11) is 0. The molecule has 21 heavy (non-hydrogen) atoms. The molecule has 0 aliphatic heterocycles. The molecular formula is C20H25N. The van der Waals surface area contributed by atoms with Gasteiger partial charge in [-0.2, -0.15) is 0 Å². The smallest absolute Gasteiger partial charge is 0.0192 e. The minimum absolute atomic E-state index is 0.752.